The molecule has 0 spiro atoms. The number of hydrogen-bond acceptors (Lipinski definition) is 3. The summed E-state index contributed by atoms with van der Waals surface area (Å²) in [6.45, 7) is 1.89. The van der Waals surface area contributed by atoms with Crippen molar-refractivity contribution >= 4 is 33.7 Å². The van der Waals surface area contributed by atoms with Crippen LogP contribution >= 0.6 is 15.9 Å². The topological polar surface area (TPSA) is 66.5 Å². The molecule has 3 amide bonds. The summed E-state index contributed by atoms with van der Waals surface area (Å²) >= 11 is 3.34. The normalized spacial score (nSPS) is 19.1. The molecule has 1 N–H and O–H groups in total. The molecule has 1 aromatic rings. The van der Waals surface area contributed by atoms with Crippen molar-refractivity contribution in [2.45, 2.75) is 25.8 Å². The van der Waals surface area contributed by atoms with Crippen molar-refractivity contribution in [3.8, 4) is 0 Å². The van der Waals surface area contributed by atoms with E-state index in [9.17, 15) is 14.4 Å². The Morgan fingerprint density at radius 3 is 2.70 bits per heavy atom. The van der Waals surface area contributed by atoms with Crippen LogP contribution in [0.4, 0.5) is 0 Å². The summed E-state index contributed by atoms with van der Waals surface area (Å²) in [5.41, 5.74) is 1.44. The number of aryl methyl sites for hydroxylation is 1. The summed E-state index contributed by atoms with van der Waals surface area (Å²) in [7, 11) is 1.44. The van der Waals surface area contributed by atoms with E-state index in [2.05, 4.69) is 21.2 Å². The summed E-state index contributed by atoms with van der Waals surface area (Å²) in [6.07, 6.45) is 0.616. The molecule has 1 atom stereocenters. The maximum Gasteiger partial charge on any atom is 0.251 e. The minimum Gasteiger partial charge on any atom is -0.340 e. The molecular weight excluding hydrogens is 324 g/mol. The van der Waals surface area contributed by atoms with Gasteiger partial charge in [0.15, 0.2) is 0 Å². The van der Waals surface area contributed by atoms with Crippen LogP contribution in [-0.4, -0.2) is 35.7 Å². The molecule has 1 heterocycles. The quantitative estimate of drug-likeness (QED) is 0.833. The Bertz CT molecular complexity index is 566. The molecule has 1 aliphatic heterocycles. The molecule has 2 rings (SSSR count). The highest BCUT2D eigenvalue weighted by atomic mass is 79.9. The van der Waals surface area contributed by atoms with E-state index in [1.807, 2.05) is 13.0 Å². The minimum atomic E-state index is -0.635. The summed E-state index contributed by atoms with van der Waals surface area (Å²) in [5.74, 6) is -0.879. The van der Waals surface area contributed by atoms with Gasteiger partial charge in [0.2, 0.25) is 5.91 Å². The van der Waals surface area contributed by atoms with Gasteiger partial charge >= 0.3 is 0 Å². The van der Waals surface area contributed by atoms with E-state index < -0.39 is 6.04 Å². The zero-order valence-corrected chi connectivity index (χ0v) is 12.9. The van der Waals surface area contributed by atoms with Crippen LogP contribution in [0.3, 0.4) is 0 Å². The van der Waals surface area contributed by atoms with Gasteiger partial charge in [-0.3, -0.25) is 19.3 Å². The Balaban J connectivity index is 2.11. The van der Waals surface area contributed by atoms with Gasteiger partial charge in [-0.25, -0.2) is 0 Å². The zero-order chi connectivity index (χ0) is 14.9. The van der Waals surface area contributed by atoms with Crippen LogP contribution in [0, 0.1) is 6.92 Å². The number of nitrogens with zero attached hydrogens (tertiary/aromatic N) is 1. The Morgan fingerprint density at radius 2 is 2.05 bits per heavy atom. The van der Waals surface area contributed by atoms with Crippen LogP contribution in [0.2, 0.25) is 0 Å². The van der Waals surface area contributed by atoms with E-state index in [-0.39, 0.29) is 24.1 Å². The number of amides is 3. The van der Waals surface area contributed by atoms with Crippen LogP contribution in [-0.2, 0) is 9.59 Å². The van der Waals surface area contributed by atoms with Gasteiger partial charge in [-0.2, -0.15) is 0 Å². The van der Waals surface area contributed by atoms with Crippen molar-refractivity contribution in [2.24, 2.45) is 0 Å². The average molecular weight is 339 g/mol. The fourth-order valence-electron chi connectivity index (χ4n) is 2.16. The summed E-state index contributed by atoms with van der Waals surface area (Å²) in [5, 5.41) is 2.69. The van der Waals surface area contributed by atoms with Crippen molar-refractivity contribution in [3.05, 3.63) is 33.8 Å². The Morgan fingerprint density at radius 1 is 1.35 bits per heavy atom. The number of hydrogen-bond donors (Lipinski definition) is 1. The highest BCUT2D eigenvalue weighted by molar-refractivity contribution is 9.10. The lowest BCUT2D eigenvalue weighted by Gasteiger charge is -2.28. The van der Waals surface area contributed by atoms with E-state index in [4.69, 9.17) is 0 Å². The molecule has 0 aromatic heterocycles. The molecule has 0 saturated carbocycles. The number of halogens is 1. The number of imide groups is 1. The number of likely N-dealkylation sites (tertiary alicyclic amines) is 1. The van der Waals surface area contributed by atoms with Gasteiger partial charge in [-0.05, 0) is 37.1 Å². The van der Waals surface area contributed by atoms with Crippen LogP contribution in [0.5, 0.6) is 0 Å². The molecule has 0 bridgehead atoms. The van der Waals surface area contributed by atoms with E-state index in [1.54, 1.807) is 12.1 Å². The average Bonchev–Trinajstić information content (AvgIpc) is 2.38. The van der Waals surface area contributed by atoms with E-state index in [0.717, 1.165) is 14.9 Å². The van der Waals surface area contributed by atoms with E-state index in [0.29, 0.717) is 12.0 Å². The van der Waals surface area contributed by atoms with Crippen molar-refractivity contribution in [1.82, 2.24) is 10.2 Å². The van der Waals surface area contributed by atoms with Crippen LogP contribution in [0.15, 0.2) is 22.7 Å². The number of rotatable bonds is 2. The molecule has 106 valence electrons. The number of carbonyl (C=O) groups excluding carboxylic acids is 3. The van der Waals surface area contributed by atoms with Crippen molar-refractivity contribution in [2.75, 3.05) is 7.05 Å². The maximum atomic E-state index is 12.2. The Labute approximate surface area is 125 Å². The highest BCUT2D eigenvalue weighted by Crippen LogP contribution is 2.17. The molecule has 0 radical (unpaired) electrons. The third kappa shape index (κ3) is 3.07. The Hall–Kier alpha value is -1.69. The van der Waals surface area contributed by atoms with Crippen LogP contribution in [0.25, 0.3) is 0 Å². The number of likely N-dealkylation sites (N-methyl/N-ethyl adjacent to an activating group) is 1. The molecule has 20 heavy (non-hydrogen) atoms. The first-order valence-electron chi connectivity index (χ1n) is 6.27. The lowest BCUT2D eigenvalue weighted by Crippen LogP contribution is -2.52. The number of piperidine rings is 1. The third-order valence-corrected chi connectivity index (χ3v) is 3.72. The summed E-state index contributed by atoms with van der Waals surface area (Å²) < 4.78 is 0.810. The van der Waals surface area contributed by atoms with Crippen LogP contribution < -0.4 is 5.32 Å². The fourth-order valence-corrected chi connectivity index (χ4v) is 2.77. The van der Waals surface area contributed by atoms with E-state index >= 15 is 0 Å². The molecule has 1 saturated heterocycles. The lowest BCUT2D eigenvalue weighted by atomic mass is 10.0. The maximum absolute atomic E-state index is 12.2. The standard InChI is InChI=1S/C14H15BrN2O3/c1-8-5-9(7-10(15)6-8)13(19)16-11-3-4-12(18)17(2)14(11)20/h5-7,11H,3-4H2,1-2H3,(H,16,19). The molecule has 5 nitrogen and oxygen atoms in total. The van der Waals surface area contributed by atoms with Crippen molar-refractivity contribution in [3.63, 3.8) is 0 Å². The second kappa shape index (κ2) is 5.75. The molecule has 1 unspecified atom stereocenters. The first kappa shape index (κ1) is 14.7. The predicted molar refractivity (Wildman–Crippen MR) is 77.1 cm³/mol. The van der Waals surface area contributed by atoms with Gasteiger partial charge in [-0.15, -0.1) is 0 Å². The summed E-state index contributed by atoms with van der Waals surface area (Å²) in [4.78, 5) is 36.5. The van der Waals surface area contributed by atoms with Gasteiger partial charge in [0.05, 0.1) is 0 Å². The largest absolute Gasteiger partial charge is 0.340 e. The first-order valence-corrected chi connectivity index (χ1v) is 7.06. The van der Waals surface area contributed by atoms with Crippen LogP contribution in [0.1, 0.15) is 28.8 Å². The minimum absolute atomic E-state index is 0.209. The number of nitrogens with one attached hydrogen (secondary N) is 1. The highest BCUT2D eigenvalue weighted by Gasteiger charge is 2.32. The second-order valence-electron chi connectivity index (χ2n) is 4.87. The first-order chi connectivity index (χ1) is 9.38. The number of carbonyl (C=O) groups is 3. The molecule has 1 aromatic carbocycles. The Kier molecular flexibility index (Phi) is 4.23. The second-order valence-corrected chi connectivity index (χ2v) is 5.79. The SMILES string of the molecule is Cc1cc(Br)cc(C(=O)NC2CCC(=O)N(C)C2=O)c1. The van der Waals surface area contributed by atoms with Gasteiger partial charge in [0.25, 0.3) is 11.8 Å². The fraction of sp³-hybridized carbons (Fsp3) is 0.357. The van der Waals surface area contributed by atoms with E-state index in [1.165, 1.54) is 7.05 Å². The summed E-state index contributed by atoms with van der Waals surface area (Å²) in [6, 6.07) is 4.71. The van der Waals surface area contributed by atoms with Gasteiger partial charge in [0.1, 0.15) is 6.04 Å². The van der Waals surface area contributed by atoms with Crippen molar-refractivity contribution in [1.29, 1.82) is 0 Å². The predicted octanol–water partition coefficient (Wildman–Crippen LogP) is 1.63. The lowest BCUT2D eigenvalue weighted by molar-refractivity contribution is -0.147. The smallest absolute Gasteiger partial charge is 0.251 e. The molecular formula is C14H15BrN2O3. The molecule has 6 heteroatoms. The zero-order valence-electron chi connectivity index (χ0n) is 11.3. The van der Waals surface area contributed by atoms with Gasteiger partial charge < -0.3 is 5.32 Å². The molecule has 0 aliphatic carbocycles. The van der Waals surface area contributed by atoms with Crippen molar-refractivity contribution < 1.29 is 14.4 Å². The van der Waals surface area contributed by atoms with Gasteiger partial charge in [-0.1, -0.05) is 15.9 Å². The molecule has 1 aliphatic rings. The monoisotopic (exact) mass is 338 g/mol. The molecule has 1 fully saturated rings. The third-order valence-electron chi connectivity index (χ3n) is 3.26. The number of benzene rings is 1. The van der Waals surface area contributed by atoms with Gasteiger partial charge in [0, 0.05) is 23.5 Å².